The van der Waals surface area contributed by atoms with Crippen LogP contribution in [0.5, 0.6) is 0 Å². The second-order valence-electron chi connectivity index (χ2n) is 7.64. The van der Waals surface area contributed by atoms with Crippen LogP contribution in [-0.4, -0.2) is 25.1 Å². The van der Waals surface area contributed by atoms with E-state index in [-0.39, 0.29) is 12.5 Å². The first-order valence-electron chi connectivity index (χ1n) is 10.4. The standard InChI is InChI=1S/C22H24N5O5P/c23-22-20(5-2-12-27(22)15-31-33(28,29)30)21-14-19(26-32-21)13-17-8-6-16(7-9-17)3-1-4-18-10-11-24-25-18/h2,5-12,14,23H,1,3-4,13,15H2,(H3,24,25,28,29,30)/p+1. The van der Waals surface area contributed by atoms with Gasteiger partial charge in [0.05, 0.1) is 11.9 Å². The molecule has 0 amide bonds. The summed E-state index contributed by atoms with van der Waals surface area (Å²) in [5.41, 5.74) is 11.0. The minimum Gasteiger partial charge on any atom is -0.356 e. The molecule has 0 saturated carbocycles. The number of aromatic amines is 1. The Kier molecular flexibility index (Phi) is 7.00. The van der Waals surface area contributed by atoms with Gasteiger partial charge in [-0.1, -0.05) is 29.4 Å². The van der Waals surface area contributed by atoms with Crippen molar-refractivity contribution < 1.29 is 28.0 Å². The first kappa shape index (κ1) is 22.9. The average Bonchev–Trinajstić information content (AvgIpc) is 3.46. The van der Waals surface area contributed by atoms with Crippen LogP contribution in [0.4, 0.5) is 5.82 Å². The molecule has 0 unspecified atom stereocenters. The monoisotopic (exact) mass is 470 g/mol. The Balaban J connectivity index is 1.37. The lowest BCUT2D eigenvalue weighted by atomic mass is 10.0. The number of nitrogens with two attached hydrogens (primary N) is 1. The molecule has 4 aromatic rings. The highest BCUT2D eigenvalue weighted by Gasteiger charge is 2.20. The van der Waals surface area contributed by atoms with E-state index in [4.69, 9.17) is 20.0 Å². The fraction of sp³-hybridized carbons (Fsp3) is 0.227. The van der Waals surface area contributed by atoms with E-state index in [1.54, 1.807) is 30.6 Å². The molecule has 0 bridgehead atoms. The number of phosphoric acid groups is 1. The Morgan fingerprint density at radius 1 is 1.12 bits per heavy atom. The Bertz CT molecular complexity index is 1230. The summed E-state index contributed by atoms with van der Waals surface area (Å²) in [5, 5.41) is 11.1. The second-order valence-corrected chi connectivity index (χ2v) is 8.88. The number of hydrogen-bond donors (Lipinski definition) is 4. The Labute approximate surface area is 190 Å². The molecule has 4 rings (SSSR count). The zero-order valence-corrected chi connectivity index (χ0v) is 18.7. The molecule has 0 aliphatic rings. The fourth-order valence-electron chi connectivity index (χ4n) is 3.48. The summed E-state index contributed by atoms with van der Waals surface area (Å²) >= 11 is 0. The zero-order valence-electron chi connectivity index (χ0n) is 17.8. The minimum atomic E-state index is -4.61. The third kappa shape index (κ3) is 6.36. The summed E-state index contributed by atoms with van der Waals surface area (Å²) in [5.74, 6) is 0.705. The van der Waals surface area contributed by atoms with E-state index < -0.39 is 7.82 Å². The molecule has 11 heteroatoms. The SMILES string of the molecule is Nc1c(-c2cc(Cc3ccc(CCCc4ccn[nH]4)cc3)no2)ccc[n+]1COP(=O)(O)O. The van der Waals surface area contributed by atoms with Crippen molar-refractivity contribution in [1.29, 1.82) is 0 Å². The number of nitrogens with one attached hydrogen (secondary N) is 1. The van der Waals surface area contributed by atoms with E-state index in [1.807, 2.05) is 6.07 Å². The van der Waals surface area contributed by atoms with Gasteiger partial charge in [0.15, 0.2) is 5.76 Å². The van der Waals surface area contributed by atoms with E-state index in [1.165, 1.54) is 10.1 Å². The maximum Gasteiger partial charge on any atom is 0.472 e. The summed E-state index contributed by atoms with van der Waals surface area (Å²) in [6, 6.07) is 15.7. The highest BCUT2D eigenvalue weighted by Crippen LogP contribution is 2.35. The van der Waals surface area contributed by atoms with Crippen LogP contribution >= 0.6 is 7.82 Å². The van der Waals surface area contributed by atoms with Gasteiger partial charge in [-0.3, -0.25) is 10.8 Å². The van der Waals surface area contributed by atoms with Crippen molar-refractivity contribution in [3.05, 3.63) is 83.4 Å². The van der Waals surface area contributed by atoms with Crippen molar-refractivity contribution in [2.24, 2.45) is 0 Å². The van der Waals surface area contributed by atoms with Crippen molar-refractivity contribution in [3.8, 4) is 11.3 Å². The number of aromatic nitrogens is 4. The molecule has 5 N–H and O–H groups in total. The van der Waals surface area contributed by atoms with Gasteiger partial charge in [-0.05, 0) is 48.6 Å². The third-order valence-corrected chi connectivity index (χ3v) is 5.63. The molecular weight excluding hydrogens is 445 g/mol. The lowest BCUT2D eigenvalue weighted by molar-refractivity contribution is -0.711. The first-order valence-corrected chi connectivity index (χ1v) is 11.9. The van der Waals surface area contributed by atoms with E-state index in [9.17, 15) is 4.57 Å². The molecule has 0 aliphatic heterocycles. The lowest BCUT2D eigenvalue weighted by Crippen LogP contribution is -2.38. The van der Waals surface area contributed by atoms with Gasteiger partial charge in [-0.15, -0.1) is 0 Å². The number of rotatable bonds is 10. The molecule has 172 valence electrons. The smallest absolute Gasteiger partial charge is 0.356 e. The number of benzene rings is 1. The molecular formula is C22H25N5O5P+. The number of pyridine rings is 1. The highest BCUT2D eigenvalue weighted by atomic mass is 31.2. The van der Waals surface area contributed by atoms with E-state index in [0.717, 1.165) is 36.2 Å². The zero-order chi connectivity index (χ0) is 23.3. The third-order valence-electron chi connectivity index (χ3n) is 5.18. The molecule has 0 atom stereocenters. The van der Waals surface area contributed by atoms with Gasteiger partial charge in [0.25, 0.3) is 5.82 Å². The normalized spacial score (nSPS) is 11.7. The number of anilines is 1. The predicted molar refractivity (Wildman–Crippen MR) is 120 cm³/mol. The summed E-state index contributed by atoms with van der Waals surface area (Å²) < 4.78 is 22.3. The van der Waals surface area contributed by atoms with E-state index in [2.05, 4.69) is 44.1 Å². The molecule has 0 spiro atoms. The molecule has 0 saturated heterocycles. The van der Waals surface area contributed by atoms with Crippen LogP contribution in [0.25, 0.3) is 11.3 Å². The number of aryl methyl sites for hydroxylation is 2. The van der Waals surface area contributed by atoms with Crippen molar-refractivity contribution >= 4 is 13.6 Å². The molecule has 0 aliphatic carbocycles. The second kappa shape index (κ2) is 10.1. The van der Waals surface area contributed by atoms with Crippen LogP contribution in [0.2, 0.25) is 0 Å². The molecule has 10 nitrogen and oxygen atoms in total. The van der Waals surface area contributed by atoms with Crippen LogP contribution in [0.3, 0.4) is 0 Å². The lowest BCUT2D eigenvalue weighted by Gasteiger charge is -2.07. The van der Waals surface area contributed by atoms with Crippen LogP contribution in [0, 0.1) is 0 Å². The molecule has 1 aromatic carbocycles. The van der Waals surface area contributed by atoms with Crippen LogP contribution in [-0.2, 0) is 35.1 Å². The van der Waals surface area contributed by atoms with Gasteiger partial charge < -0.3 is 14.3 Å². The minimum absolute atomic E-state index is 0.244. The summed E-state index contributed by atoms with van der Waals surface area (Å²) in [6.07, 6.45) is 6.94. The van der Waals surface area contributed by atoms with Crippen molar-refractivity contribution in [3.63, 3.8) is 0 Å². The maximum absolute atomic E-state index is 11.0. The molecule has 0 radical (unpaired) electrons. The number of hydrogen-bond acceptors (Lipinski definition) is 6. The van der Waals surface area contributed by atoms with Crippen molar-refractivity contribution in [1.82, 2.24) is 15.4 Å². The van der Waals surface area contributed by atoms with Crippen molar-refractivity contribution in [2.75, 3.05) is 5.73 Å². The molecule has 3 heterocycles. The number of nitrogens with zero attached hydrogens (tertiary/aromatic N) is 3. The van der Waals surface area contributed by atoms with E-state index in [0.29, 0.717) is 17.7 Å². The summed E-state index contributed by atoms with van der Waals surface area (Å²) in [6.45, 7) is -0.390. The maximum atomic E-state index is 11.0. The Morgan fingerprint density at radius 3 is 2.64 bits per heavy atom. The Hall–Kier alpha value is -3.30. The molecule has 3 aromatic heterocycles. The highest BCUT2D eigenvalue weighted by molar-refractivity contribution is 7.46. The molecule has 33 heavy (non-hydrogen) atoms. The van der Waals surface area contributed by atoms with Crippen LogP contribution in [0.15, 0.2) is 65.4 Å². The fourth-order valence-corrected chi connectivity index (χ4v) is 3.76. The van der Waals surface area contributed by atoms with Crippen molar-refractivity contribution in [2.45, 2.75) is 32.4 Å². The van der Waals surface area contributed by atoms with Gasteiger partial charge in [-0.2, -0.15) is 5.10 Å². The number of H-pyrrole nitrogens is 1. The van der Waals surface area contributed by atoms with Crippen LogP contribution in [0.1, 0.15) is 28.9 Å². The van der Waals surface area contributed by atoms with Gasteiger partial charge in [0.2, 0.25) is 6.73 Å². The largest absolute Gasteiger partial charge is 0.472 e. The number of nitrogen functional groups attached to an aromatic ring is 1. The predicted octanol–water partition coefficient (Wildman–Crippen LogP) is 2.77. The molecule has 0 fully saturated rings. The van der Waals surface area contributed by atoms with Gasteiger partial charge in [0, 0.05) is 24.4 Å². The summed E-state index contributed by atoms with van der Waals surface area (Å²) in [4.78, 5) is 17.8. The topological polar surface area (TPSA) is 151 Å². The summed E-state index contributed by atoms with van der Waals surface area (Å²) in [7, 11) is -4.61. The van der Waals surface area contributed by atoms with Gasteiger partial charge >= 0.3 is 7.82 Å². The quantitative estimate of drug-likeness (QED) is 0.204. The number of phosphoric ester groups is 1. The van der Waals surface area contributed by atoms with E-state index >= 15 is 0 Å². The van der Waals surface area contributed by atoms with Gasteiger partial charge in [-0.25, -0.2) is 13.7 Å². The van der Waals surface area contributed by atoms with Gasteiger partial charge in [0.1, 0.15) is 5.56 Å². The first-order chi connectivity index (χ1) is 15.9. The average molecular weight is 470 g/mol. The van der Waals surface area contributed by atoms with Crippen LogP contribution < -0.4 is 10.3 Å². The Morgan fingerprint density at radius 2 is 1.91 bits per heavy atom.